The number of fused-ring (bicyclic) bond motifs is 1. The second-order valence-electron chi connectivity index (χ2n) is 4.57. The predicted molar refractivity (Wildman–Crippen MR) is 68.1 cm³/mol. The van der Waals surface area contributed by atoms with E-state index >= 15 is 0 Å². The van der Waals surface area contributed by atoms with Crippen LogP contribution >= 0.6 is 0 Å². The molecule has 0 radical (unpaired) electrons. The minimum absolute atomic E-state index is 0.0343. The number of hydrogen-bond donors (Lipinski definition) is 2. The van der Waals surface area contributed by atoms with Gasteiger partial charge in [0.2, 0.25) is 0 Å². The number of anilines is 1. The van der Waals surface area contributed by atoms with E-state index in [0.29, 0.717) is 5.65 Å². The number of aliphatic hydroxyl groups excluding tert-OH is 1. The lowest BCUT2D eigenvalue weighted by Gasteiger charge is -2.14. The lowest BCUT2D eigenvalue weighted by molar-refractivity contribution is -0.206. The molecule has 0 saturated heterocycles. The number of aromatic nitrogens is 6. The van der Waals surface area contributed by atoms with Crippen molar-refractivity contribution in [3.8, 4) is 5.82 Å². The van der Waals surface area contributed by atoms with Gasteiger partial charge in [-0.05, 0) is 19.1 Å². The molecule has 22 heavy (non-hydrogen) atoms. The average molecular weight is 313 g/mol. The Bertz CT molecular complexity index is 838. The first-order valence-corrected chi connectivity index (χ1v) is 6.06. The normalized spacial score (nSPS) is 13.7. The summed E-state index contributed by atoms with van der Waals surface area (Å²) in [6.07, 6.45) is -6.21. The molecular formula is C11H10F3N7O. The van der Waals surface area contributed by atoms with Crippen molar-refractivity contribution in [2.75, 3.05) is 5.73 Å². The van der Waals surface area contributed by atoms with Crippen LogP contribution in [0, 0.1) is 6.92 Å². The molecule has 116 valence electrons. The molecule has 0 bridgehead atoms. The summed E-state index contributed by atoms with van der Waals surface area (Å²) >= 11 is 0. The number of rotatable bonds is 2. The molecule has 0 aliphatic heterocycles. The largest absolute Gasteiger partial charge is 0.418 e. The van der Waals surface area contributed by atoms with Crippen LogP contribution in [0.25, 0.3) is 11.5 Å². The van der Waals surface area contributed by atoms with Gasteiger partial charge in [0, 0.05) is 0 Å². The summed E-state index contributed by atoms with van der Waals surface area (Å²) in [5.41, 5.74) is 5.65. The number of nitrogens with zero attached hydrogens (tertiary/aromatic N) is 6. The molecule has 3 aromatic heterocycles. The topological polar surface area (TPSA) is 107 Å². The number of aryl methyl sites for hydroxylation is 1. The molecule has 3 aromatic rings. The number of aliphatic hydroxyl groups is 1. The van der Waals surface area contributed by atoms with Gasteiger partial charge in [0.25, 0.3) is 0 Å². The van der Waals surface area contributed by atoms with E-state index in [1.54, 1.807) is 6.07 Å². The van der Waals surface area contributed by atoms with Crippen LogP contribution in [0.3, 0.4) is 0 Å². The van der Waals surface area contributed by atoms with Crippen molar-refractivity contribution in [1.29, 1.82) is 0 Å². The van der Waals surface area contributed by atoms with Gasteiger partial charge < -0.3 is 10.8 Å². The van der Waals surface area contributed by atoms with E-state index in [1.807, 2.05) is 0 Å². The van der Waals surface area contributed by atoms with Gasteiger partial charge in [-0.25, -0.2) is 0 Å². The molecule has 11 heteroatoms. The Morgan fingerprint density at radius 1 is 1.27 bits per heavy atom. The van der Waals surface area contributed by atoms with Crippen LogP contribution in [0.4, 0.5) is 19.0 Å². The van der Waals surface area contributed by atoms with Gasteiger partial charge in [-0.1, -0.05) is 0 Å². The molecule has 0 aliphatic rings. The summed E-state index contributed by atoms with van der Waals surface area (Å²) in [6, 6.07) is 3.04. The molecule has 3 N–H and O–H groups in total. The SMILES string of the molecule is Cc1nn(-c2ccc3nncn3n2)c(N)c1C(O)C(F)(F)F. The van der Waals surface area contributed by atoms with Crippen LogP contribution in [-0.4, -0.2) is 40.9 Å². The summed E-state index contributed by atoms with van der Waals surface area (Å²) in [5, 5.41) is 24.8. The summed E-state index contributed by atoms with van der Waals surface area (Å²) in [6.45, 7) is 1.33. The average Bonchev–Trinajstić information content (AvgIpc) is 3.01. The maximum Gasteiger partial charge on any atom is 0.418 e. The number of alkyl halides is 3. The van der Waals surface area contributed by atoms with Crippen molar-refractivity contribution in [2.45, 2.75) is 19.2 Å². The fourth-order valence-corrected chi connectivity index (χ4v) is 2.06. The Hall–Kier alpha value is -2.69. The van der Waals surface area contributed by atoms with E-state index < -0.39 is 17.8 Å². The molecule has 3 rings (SSSR count). The zero-order chi connectivity index (χ0) is 16.1. The Kier molecular flexibility index (Phi) is 3.02. The molecule has 0 amide bonds. The van der Waals surface area contributed by atoms with E-state index in [2.05, 4.69) is 20.4 Å². The quantitative estimate of drug-likeness (QED) is 0.724. The molecule has 1 atom stereocenters. The Labute approximate surface area is 121 Å². The van der Waals surface area contributed by atoms with Gasteiger partial charge >= 0.3 is 6.18 Å². The minimum atomic E-state index is -4.83. The molecule has 0 spiro atoms. The molecule has 0 aromatic carbocycles. The molecule has 0 saturated carbocycles. The van der Waals surface area contributed by atoms with E-state index in [9.17, 15) is 18.3 Å². The predicted octanol–water partition coefficient (Wildman–Crippen LogP) is 0.796. The fraction of sp³-hybridized carbons (Fsp3) is 0.273. The molecular weight excluding hydrogens is 303 g/mol. The first-order valence-electron chi connectivity index (χ1n) is 6.06. The second-order valence-corrected chi connectivity index (χ2v) is 4.57. The van der Waals surface area contributed by atoms with Crippen molar-refractivity contribution in [3.05, 3.63) is 29.7 Å². The van der Waals surface area contributed by atoms with Gasteiger partial charge in [-0.2, -0.15) is 27.5 Å². The number of nitrogen functional groups attached to an aromatic ring is 1. The highest BCUT2D eigenvalue weighted by molar-refractivity contribution is 5.50. The van der Waals surface area contributed by atoms with E-state index in [1.165, 1.54) is 23.8 Å². The zero-order valence-electron chi connectivity index (χ0n) is 11.2. The molecule has 0 aliphatic carbocycles. The van der Waals surface area contributed by atoms with Gasteiger partial charge in [-0.3, -0.25) is 0 Å². The smallest absolute Gasteiger partial charge is 0.383 e. The maximum absolute atomic E-state index is 12.7. The van der Waals surface area contributed by atoms with Crippen molar-refractivity contribution >= 4 is 11.5 Å². The third-order valence-electron chi connectivity index (χ3n) is 3.09. The number of nitrogens with two attached hydrogens (primary N) is 1. The highest BCUT2D eigenvalue weighted by Gasteiger charge is 2.42. The molecule has 1 unspecified atom stereocenters. The van der Waals surface area contributed by atoms with Crippen molar-refractivity contribution < 1.29 is 18.3 Å². The fourth-order valence-electron chi connectivity index (χ4n) is 2.06. The van der Waals surface area contributed by atoms with Gasteiger partial charge in [0.05, 0.1) is 11.3 Å². The zero-order valence-corrected chi connectivity index (χ0v) is 11.2. The van der Waals surface area contributed by atoms with Crippen LogP contribution in [0.5, 0.6) is 0 Å². The second kappa shape index (κ2) is 4.66. The van der Waals surface area contributed by atoms with E-state index in [0.717, 1.165) is 4.68 Å². The van der Waals surface area contributed by atoms with Crippen LogP contribution < -0.4 is 5.73 Å². The first kappa shape index (κ1) is 14.3. The van der Waals surface area contributed by atoms with Gasteiger partial charge in [0.15, 0.2) is 17.6 Å². The van der Waals surface area contributed by atoms with Crippen LogP contribution in [0.2, 0.25) is 0 Å². The Morgan fingerprint density at radius 2 is 2.00 bits per heavy atom. The Morgan fingerprint density at radius 3 is 2.68 bits per heavy atom. The summed E-state index contributed by atoms with van der Waals surface area (Å²) in [5.74, 6) is -0.157. The van der Waals surface area contributed by atoms with Crippen molar-refractivity contribution in [3.63, 3.8) is 0 Å². The van der Waals surface area contributed by atoms with Crippen molar-refractivity contribution in [1.82, 2.24) is 29.6 Å². The van der Waals surface area contributed by atoms with Crippen LogP contribution in [0.1, 0.15) is 17.4 Å². The van der Waals surface area contributed by atoms with Crippen LogP contribution in [0.15, 0.2) is 18.5 Å². The third kappa shape index (κ3) is 2.15. The number of hydrogen-bond acceptors (Lipinski definition) is 6. The van der Waals surface area contributed by atoms with Crippen LogP contribution in [-0.2, 0) is 0 Å². The van der Waals surface area contributed by atoms with E-state index in [-0.39, 0.29) is 17.3 Å². The van der Waals surface area contributed by atoms with E-state index in [4.69, 9.17) is 5.73 Å². The monoisotopic (exact) mass is 313 g/mol. The maximum atomic E-state index is 12.7. The third-order valence-corrected chi connectivity index (χ3v) is 3.09. The summed E-state index contributed by atoms with van der Waals surface area (Å²) in [4.78, 5) is 0. The summed E-state index contributed by atoms with van der Waals surface area (Å²) < 4.78 is 40.4. The molecule has 0 fully saturated rings. The lowest BCUT2D eigenvalue weighted by atomic mass is 10.1. The Balaban J connectivity index is 2.12. The van der Waals surface area contributed by atoms with Gasteiger partial charge in [-0.15, -0.1) is 15.3 Å². The molecule has 8 nitrogen and oxygen atoms in total. The van der Waals surface area contributed by atoms with Gasteiger partial charge in [0.1, 0.15) is 12.1 Å². The summed E-state index contributed by atoms with van der Waals surface area (Å²) in [7, 11) is 0. The lowest BCUT2D eigenvalue weighted by Crippen LogP contribution is -2.21. The van der Waals surface area contributed by atoms with Crippen molar-refractivity contribution in [2.24, 2.45) is 0 Å². The standard InChI is InChI=1S/C11H10F3N7O/c1-5-8(9(22)11(12,13)14)10(15)21(18-5)7-3-2-6-17-16-4-20(6)19-7/h2-4,9,22H,15H2,1H3. The highest BCUT2D eigenvalue weighted by atomic mass is 19.4. The number of halogens is 3. The minimum Gasteiger partial charge on any atom is -0.383 e. The highest BCUT2D eigenvalue weighted by Crippen LogP contribution is 2.37. The first-order chi connectivity index (χ1) is 10.3. The molecule has 3 heterocycles.